The van der Waals surface area contributed by atoms with E-state index >= 15 is 0 Å². The van der Waals surface area contributed by atoms with Gasteiger partial charge in [-0.15, -0.1) is 0 Å². The van der Waals surface area contributed by atoms with Crippen LogP contribution in [0.15, 0.2) is 30.6 Å². The number of aromatic amines is 1. The van der Waals surface area contributed by atoms with Crippen molar-refractivity contribution in [3.05, 3.63) is 47.5 Å². The first kappa shape index (κ1) is 18.6. The van der Waals surface area contributed by atoms with Gasteiger partial charge in [-0.2, -0.15) is 11.8 Å². The summed E-state index contributed by atoms with van der Waals surface area (Å²) >= 11 is 1.77. The van der Waals surface area contributed by atoms with Crippen LogP contribution in [-0.2, 0) is 12.2 Å². The molecule has 140 valence electrons. The van der Waals surface area contributed by atoms with E-state index in [0.717, 1.165) is 35.1 Å². The standard InChI is InChI=1S/C19H26N4O2S/c1-3-15-6-4-5-7-18(15)25-16-10-23(11-16)19(24)20-8-9-26-12-17-14(2)21-13-22-17/h4-7,13,16H,3,8-12H2,1-2H3,(H,20,24)(H,21,22). The Kier molecular flexibility index (Phi) is 6.44. The molecule has 1 aliphatic rings. The lowest BCUT2D eigenvalue weighted by Crippen LogP contribution is -2.59. The molecule has 1 aromatic heterocycles. The zero-order valence-electron chi connectivity index (χ0n) is 15.3. The Bertz CT molecular complexity index is 728. The van der Waals surface area contributed by atoms with Gasteiger partial charge < -0.3 is 19.9 Å². The first-order chi connectivity index (χ1) is 12.7. The molecular weight excluding hydrogens is 348 g/mol. The summed E-state index contributed by atoms with van der Waals surface area (Å²) in [6, 6.07) is 8.09. The van der Waals surface area contributed by atoms with E-state index in [1.807, 2.05) is 25.1 Å². The number of ether oxygens (including phenoxy) is 1. The molecule has 0 bridgehead atoms. The lowest BCUT2D eigenvalue weighted by Gasteiger charge is -2.39. The van der Waals surface area contributed by atoms with Crippen molar-refractivity contribution in [1.29, 1.82) is 0 Å². The van der Waals surface area contributed by atoms with Gasteiger partial charge in [-0.05, 0) is 25.0 Å². The Morgan fingerprint density at radius 1 is 1.42 bits per heavy atom. The van der Waals surface area contributed by atoms with Crippen molar-refractivity contribution >= 4 is 17.8 Å². The lowest BCUT2D eigenvalue weighted by atomic mass is 10.1. The highest BCUT2D eigenvalue weighted by Gasteiger charge is 2.32. The van der Waals surface area contributed by atoms with Gasteiger partial charge in [0.2, 0.25) is 0 Å². The third-order valence-corrected chi connectivity index (χ3v) is 5.45. The van der Waals surface area contributed by atoms with Gasteiger partial charge in [-0.3, -0.25) is 0 Å². The minimum atomic E-state index is -0.00910. The predicted molar refractivity (Wildman–Crippen MR) is 105 cm³/mol. The number of urea groups is 1. The maximum Gasteiger partial charge on any atom is 0.317 e. The number of aromatic nitrogens is 2. The number of carbonyl (C=O) groups excluding carboxylic acids is 1. The maximum atomic E-state index is 12.1. The molecule has 1 fully saturated rings. The van der Waals surface area contributed by atoms with Crippen LogP contribution in [0.3, 0.4) is 0 Å². The van der Waals surface area contributed by atoms with Crippen LogP contribution < -0.4 is 10.1 Å². The van der Waals surface area contributed by atoms with Crippen LogP contribution in [-0.4, -0.2) is 52.4 Å². The molecule has 0 atom stereocenters. The van der Waals surface area contributed by atoms with Gasteiger partial charge in [0.05, 0.1) is 25.1 Å². The second-order valence-electron chi connectivity index (χ2n) is 6.36. The number of H-pyrrole nitrogens is 1. The Hall–Kier alpha value is -2.15. The molecule has 0 spiro atoms. The Morgan fingerprint density at radius 3 is 2.96 bits per heavy atom. The number of rotatable bonds is 8. The number of carbonyl (C=O) groups is 1. The molecule has 6 nitrogen and oxygen atoms in total. The van der Waals surface area contributed by atoms with Crippen molar-refractivity contribution in [3.63, 3.8) is 0 Å². The van der Waals surface area contributed by atoms with Crippen molar-refractivity contribution in [2.45, 2.75) is 32.1 Å². The van der Waals surface area contributed by atoms with E-state index < -0.39 is 0 Å². The number of amides is 2. The zero-order valence-corrected chi connectivity index (χ0v) is 16.1. The summed E-state index contributed by atoms with van der Waals surface area (Å²) in [6.07, 6.45) is 2.75. The quantitative estimate of drug-likeness (QED) is 0.697. The van der Waals surface area contributed by atoms with Gasteiger partial charge in [0.1, 0.15) is 11.9 Å². The fourth-order valence-corrected chi connectivity index (χ4v) is 3.69. The molecular formula is C19H26N4O2S. The number of para-hydroxylation sites is 1. The van der Waals surface area contributed by atoms with Crippen molar-refractivity contribution in [2.75, 3.05) is 25.4 Å². The van der Waals surface area contributed by atoms with Crippen LogP contribution in [0.25, 0.3) is 0 Å². The van der Waals surface area contributed by atoms with Crippen molar-refractivity contribution in [1.82, 2.24) is 20.2 Å². The van der Waals surface area contributed by atoms with E-state index in [4.69, 9.17) is 4.74 Å². The monoisotopic (exact) mass is 374 g/mol. The molecule has 3 rings (SSSR count). The van der Waals surface area contributed by atoms with Gasteiger partial charge in [0.25, 0.3) is 0 Å². The highest BCUT2D eigenvalue weighted by Crippen LogP contribution is 2.23. The summed E-state index contributed by atoms with van der Waals surface area (Å²) in [5.74, 6) is 2.67. The first-order valence-electron chi connectivity index (χ1n) is 9.01. The van der Waals surface area contributed by atoms with Crippen molar-refractivity contribution in [2.24, 2.45) is 0 Å². The fraction of sp³-hybridized carbons (Fsp3) is 0.474. The molecule has 26 heavy (non-hydrogen) atoms. The van der Waals surface area contributed by atoms with E-state index in [1.54, 1.807) is 23.0 Å². The topological polar surface area (TPSA) is 70.2 Å². The number of nitrogens with zero attached hydrogens (tertiary/aromatic N) is 2. The van der Waals surface area contributed by atoms with Crippen LogP contribution in [0.4, 0.5) is 4.79 Å². The summed E-state index contributed by atoms with van der Waals surface area (Å²) in [4.78, 5) is 21.3. The maximum absolute atomic E-state index is 12.1. The molecule has 2 aromatic rings. The Balaban J connectivity index is 1.30. The molecule has 0 aliphatic carbocycles. The number of aryl methyl sites for hydroxylation is 2. The molecule has 2 N–H and O–H groups in total. The van der Waals surface area contributed by atoms with E-state index in [0.29, 0.717) is 19.6 Å². The number of hydrogen-bond donors (Lipinski definition) is 2. The van der Waals surface area contributed by atoms with Crippen molar-refractivity contribution < 1.29 is 9.53 Å². The summed E-state index contributed by atoms with van der Waals surface area (Å²) in [5, 5.41) is 2.97. The summed E-state index contributed by atoms with van der Waals surface area (Å²) in [7, 11) is 0. The van der Waals surface area contributed by atoms with Crippen molar-refractivity contribution in [3.8, 4) is 5.75 Å². The molecule has 1 aromatic carbocycles. The van der Waals surface area contributed by atoms with E-state index in [2.05, 4.69) is 28.3 Å². The SMILES string of the molecule is CCc1ccccc1OC1CN(C(=O)NCCSCc2nc[nH]c2C)C1. The molecule has 0 saturated carbocycles. The predicted octanol–water partition coefficient (Wildman–Crippen LogP) is 2.99. The smallest absolute Gasteiger partial charge is 0.317 e. The number of likely N-dealkylation sites (tertiary alicyclic amines) is 1. The number of thioether (sulfide) groups is 1. The average molecular weight is 375 g/mol. The van der Waals surface area contributed by atoms with Crippen LogP contribution in [0, 0.1) is 6.92 Å². The summed E-state index contributed by atoms with van der Waals surface area (Å²) < 4.78 is 6.01. The average Bonchev–Trinajstić information content (AvgIpc) is 3.02. The van der Waals surface area contributed by atoms with E-state index in [1.165, 1.54) is 5.56 Å². The largest absolute Gasteiger partial charge is 0.486 e. The summed E-state index contributed by atoms with van der Waals surface area (Å²) in [6.45, 7) is 6.08. The molecule has 1 aliphatic heterocycles. The van der Waals surface area contributed by atoms with Gasteiger partial charge in [0, 0.05) is 23.7 Å². The van der Waals surface area contributed by atoms with Gasteiger partial charge >= 0.3 is 6.03 Å². The van der Waals surface area contributed by atoms with E-state index in [-0.39, 0.29) is 12.1 Å². The second-order valence-corrected chi connectivity index (χ2v) is 7.47. The molecule has 2 heterocycles. The first-order valence-corrected chi connectivity index (χ1v) is 10.2. The van der Waals surface area contributed by atoms with Crippen LogP contribution in [0.2, 0.25) is 0 Å². The summed E-state index contributed by atoms with van der Waals surface area (Å²) in [5.41, 5.74) is 3.40. The number of imidazole rings is 1. The van der Waals surface area contributed by atoms with Gasteiger partial charge in [-0.25, -0.2) is 9.78 Å². The Labute approximate surface area is 158 Å². The lowest BCUT2D eigenvalue weighted by molar-refractivity contribution is 0.0441. The minimum Gasteiger partial charge on any atom is -0.486 e. The molecule has 1 saturated heterocycles. The van der Waals surface area contributed by atoms with Crippen LogP contribution in [0.5, 0.6) is 5.75 Å². The number of benzene rings is 1. The fourth-order valence-electron chi connectivity index (χ4n) is 2.81. The van der Waals surface area contributed by atoms with Crippen LogP contribution >= 0.6 is 11.8 Å². The number of nitrogens with one attached hydrogen (secondary N) is 2. The molecule has 7 heteroatoms. The van der Waals surface area contributed by atoms with Crippen LogP contribution in [0.1, 0.15) is 23.9 Å². The van der Waals surface area contributed by atoms with Gasteiger partial charge in [-0.1, -0.05) is 25.1 Å². The van der Waals surface area contributed by atoms with Gasteiger partial charge in [0.15, 0.2) is 0 Å². The highest BCUT2D eigenvalue weighted by molar-refractivity contribution is 7.98. The highest BCUT2D eigenvalue weighted by atomic mass is 32.2. The zero-order chi connectivity index (χ0) is 18.4. The third-order valence-electron chi connectivity index (χ3n) is 4.48. The van der Waals surface area contributed by atoms with E-state index in [9.17, 15) is 4.79 Å². The molecule has 0 unspecified atom stereocenters. The normalized spacial score (nSPS) is 14.2. The Morgan fingerprint density at radius 2 is 2.23 bits per heavy atom. The molecule has 2 amide bonds. The molecule has 0 radical (unpaired) electrons. The third kappa shape index (κ3) is 4.72. The minimum absolute atomic E-state index is 0.00910. The second kappa shape index (κ2) is 8.98. The number of hydrogen-bond acceptors (Lipinski definition) is 4.